The van der Waals surface area contributed by atoms with Crippen LogP contribution in [0.2, 0.25) is 0 Å². The van der Waals surface area contributed by atoms with E-state index in [0.29, 0.717) is 11.6 Å². The van der Waals surface area contributed by atoms with E-state index >= 15 is 0 Å². The molecule has 0 bridgehead atoms. The molecule has 118 valence electrons. The Hall–Kier alpha value is -2.65. The predicted octanol–water partition coefficient (Wildman–Crippen LogP) is 1.68. The largest absolute Gasteiger partial charge is 0.481 e. The van der Waals surface area contributed by atoms with E-state index in [0.717, 1.165) is 38.4 Å². The zero-order chi connectivity index (χ0) is 16.1. The first-order valence-corrected chi connectivity index (χ1v) is 7.61. The maximum Gasteiger partial charge on any atom is 0.213 e. The van der Waals surface area contributed by atoms with E-state index in [1.54, 1.807) is 19.5 Å². The molecule has 1 fully saturated rings. The summed E-state index contributed by atoms with van der Waals surface area (Å²) < 4.78 is 5.17. The Morgan fingerprint density at radius 2 is 1.91 bits per heavy atom. The van der Waals surface area contributed by atoms with Crippen LogP contribution in [0, 0.1) is 11.3 Å². The monoisotopic (exact) mass is 309 g/mol. The van der Waals surface area contributed by atoms with Crippen LogP contribution in [0.3, 0.4) is 0 Å². The van der Waals surface area contributed by atoms with Crippen molar-refractivity contribution in [2.24, 2.45) is 0 Å². The second kappa shape index (κ2) is 7.07. The van der Waals surface area contributed by atoms with Gasteiger partial charge in [-0.15, -0.1) is 0 Å². The number of nitrogens with zero attached hydrogens (tertiary/aromatic N) is 5. The number of ether oxygens (including phenoxy) is 1. The lowest BCUT2D eigenvalue weighted by Gasteiger charge is -2.36. The maximum atomic E-state index is 8.95. The fourth-order valence-electron chi connectivity index (χ4n) is 2.76. The van der Waals surface area contributed by atoms with Crippen molar-refractivity contribution >= 4 is 5.69 Å². The molecule has 23 heavy (non-hydrogen) atoms. The molecule has 0 N–H and O–H groups in total. The molecule has 0 unspecified atom stereocenters. The number of anilines is 1. The summed E-state index contributed by atoms with van der Waals surface area (Å²) in [5.74, 6) is 0.655. The summed E-state index contributed by atoms with van der Waals surface area (Å²) in [5.41, 5.74) is 2.75. The van der Waals surface area contributed by atoms with Crippen LogP contribution in [0.1, 0.15) is 11.3 Å². The first kappa shape index (κ1) is 15.3. The third-order valence-electron chi connectivity index (χ3n) is 4.01. The van der Waals surface area contributed by atoms with Crippen molar-refractivity contribution in [3.05, 3.63) is 47.9 Å². The van der Waals surface area contributed by atoms with Crippen LogP contribution in [-0.2, 0) is 6.54 Å². The third-order valence-corrected chi connectivity index (χ3v) is 4.01. The van der Waals surface area contributed by atoms with E-state index in [-0.39, 0.29) is 0 Å². The molecular weight excluding hydrogens is 290 g/mol. The Morgan fingerprint density at radius 3 is 2.65 bits per heavy atom. The van der Waals surface area contributed by atoms with Gasteiger partial charge in [0.05, 0.1) is 7.11 Å². The van der Waals surface area contributed by atoms with Gasteiger partial charge in [-0.3, -0.25) is 4.90 Å². The SMILES string of the molecule is COc1cc(CN2CCN(c3ccnc(C#N)c3)CC2)ccn1. The van der Waals surface area contributed by atoms with E-state index in [1.165, 1.54) is 5.56 Å². The van der Waals surface area contributed by atoms with Gasteiger partial charge in [0, 0.05) is 56.9 Å². The summed E-state index contributed by atoms with van der Waals surface area (Å²) in [6.45, 7) is 4.74. The Labute approximate surface area is 136 Å². The molecule has 3 heterocycles. The van der Waals surface area contributed by atoms with Gasteiger partial charge in [-0.05, 0) is 23.8 Å². The fourth-order valence-corrected chi connectivity index (χ4v) is 2.76. The average molecular weight is 309 g/mol. The highest BCUT2D eigenvalue weighted by molar-refractivity contribution is 5.49. The Balaban J connectivity index is 1.58. The Kier molecular flexibility index (Phi) is 4.69. The highest BCUT2D eigenvalue weighted by atomic mass is 16.5. The number of pyridine rings is 2. The molecule has 6 nitrogen and oxygen atoms in total. The van der Waals surface area contributed by atoms with Crippen molar-refractivity contribution in [3.8, 4) is 11.9 Å². The predicted molar refractivity (Wildman–Crippen MR) is 87.2 cm³/mol. The van der Waals surface area contributed by atoms with E-state index in [2.05, 4.69) is 25.8 Å². The average Bonchev–Trinajstić information content (AvgIpc) is 2.62. The number of nitriles is 1. The molecule has 2 aromatic heterocycles. The smallest absolute Gasteiger partial charge is 0.213 e. The van der Waals surface area contributed by atoms with E-state index < -0.39 is 0 Å². The van der Waals surface area contributed by atoms with Crippen LogP contribution >= 0.6 is 0 Å². The van der Waals surface area contributed by atoms with Crippen LogP contribution in [0.25, 0.3) is 0 Å². The lowest BCUT2D eigenvalue weighted by molar-refractivity contribution is 0.249. The lowest BCUT2D eigenvalue weighted by atomic mass is 10.2. The summed E-state index contributed by atoms with van der Waals surface area (Å²) in [6.07, 6.45) is 3.48. The second-order valence-electron chi connectivity index (χ2n) is 5.48. The molecule has 0 atom stereocenters. The molecular formula is C17H19N5O. The summed E-state index contributed by atoms with van der Waals surface area (Å²) in [4.78, 5) is 12.9. The van der Waals surface area contributed by atoms with Crippen LogP contribution in [-0.4, -0.2) is 48.2 Å². The number of aromatic nitrogens is 2. The number of hydrogen-bond donors (Lipinski definition) is 0. The van der Waals surface area contributed by atoms with Gasteiger partial charge in [0.2, 0.25) is 5.88 Å². The van der Waals surface area contributed by atoms with Crippen LogP contribution in [0.15, 0.2) is 36.7 Å². The van der Waals surface area contributed by atoms with Crippen molar-refractivity contribution in [2.75, 3.05) is 38.2 Å². The maximum absolute atomic E-state index is 8.95. The second-order valence-corrected chi connectivity index (χ2v) is 5.48. The number of hydrogen-bond acceptors (Lipinski definition) is 6. The van der Waals surface area contributed by atoms with E-state index in [9.17, 15) is 0 Å². The van der Waals surface area contributed by atoms with Gasteiger partial charge in [-0.1, -0.05) is 0 Å². The van der Waals surface area contributed by atoms with Crippen molar-refractivity contribution in [1.82, 2.24) is 14.9 Å². The van der Waals surface area contributed by atoms with Crippen molar-refractivity contribution in [2.45, 2.75) is 6.54 Å². The third kappa shape index (κ3) is 3.76. The van der Waals surface area contributed by atoms with Crippen LogP contribution in [0.5, 0.6) is 5.88 Å². The minimum absolute atomic E-state index is 0.466. The van der Waals surface area contributed by atoms with Gasteiger partial charge in [0.25, 0.3) is 0 Å². The lowest BCUT2D eigenvalue weighted by Crippen LogP contribution is -2.46. The van der Waals surface area contributed by atoms with Crippen molar-refractivity contribution in [1.29, 1.82) is 5.26 Å². The molecule has 0 amide bonds. The summed E-state index contributed by atoms with van der Waals surface area (Å²) in [7, 11) is 1.63. The molecule has 1 aliphatic rings. The molecule has 1 saturated heterocycles. The zero-order valence-electron chi connectivity index (χ0n) is 13.1. The first-order valence-electron chi connectivity index (χ1n) is 7.61. The molecule has 0 saturated carbocycles. The van der Waals surface area contributed by atoms with Gasteiger partial charge >= 0.3 is 0 Å². The van der Waals surface area contributed by atoms with E-state index in [4.69, 9.17) is 10.00 Å². The summed E-state index contributed by atoms with van der Waals surface area (Å²) in [6, 6.07) is 9.91. The van der Waals surface area contributed by atoms with Gasteiger partial charge in [-0.25, -0.2) is 9.97 Å². The van der Waals surface area contributed by atoms with Gasteiger partial charge in [0.1, 0.15) is 11.8 Å². The Morgan fingerprint density at radius 1 is 1.13 bits per heavy atom. The fraction of sp³-hybridized carbons (Fsp3) is 0.353. The van der Waals surface area contributed by atoms with Crippen molar-refractivity contribution < 1.29 is 4.74 Å². The molecule has 0 radical (unpaired) electrons. The van der Waals surface area contributed by atoms with Crippen LogP contribution in [0.4, 0.5) is 5.69 Å². The van der Waals surface area contributed by atoms with Crippen molar-refractivity contribution in [3.63, 3.8) is 0 Å². The topological polar surface area (TPSA) is 65.3 Å². The number of piperazine rings is 1. The van der Waals surface area contributed by atoms with Gasteiger partial charge in [-0.2, -0.15) is 5.26 Å². The summed E-state index contributed by atoms with van der Waals surface area (Å²) in [5, 5.41) is 8.95. The minimum Gasteiger partial charge on any atom is -0.481 e. The summed E-state index contributed by atoms with van der Waals surface area (Å²) >= 11 is 0. The molecule has 2 aromatic rings. The number of methoxy groups -OCH3 is 1. The quantitative estimate of drug-likeness (QED) is 0.856. The molecule has 1 aliphatic heterocycles. The molecule has 0 aromatic carbocycles. The first-order chi connectivity index (χ1) is 11.3. The standard InChI is InChI=1S/C17H19N5O/c1-23-17-10-14(2-4-20-17)13-21-6-8-22(9-7-21)16-3-5-19-15(11-16)12-18/h2-5,10-11H,6-9,13H2,1H3. The molecule has 0 spiro atoms. The van der Waals surface area contributed by atoms with Gasteiger partial charge < -0.3 is 9.64 Å². The van der Waals surface area contributed by atoms with Gasteiger partial charge in [0.15, 0.2) is 0 Å². The Bertz CT molecular complexity index is 704. The minimum atomic E-state index is 0.466. The number of rotatable bonds is 4. The zero-order valence-corrected chi connectivity index (χ0v) is 13.1. The highest BCUT2D eigenvalue weighted by Crippen LogP contribution is 2.18. The molecule has 3 rings (SSSR count). The van der Waals surface area contributed by atoms with Crippen LogP contribution < -0.4 is 9.64 Å². The van der Waals surface area contributed by atoms with E-state index in [1.807, 2.05) is 24.3 Å². The molecule has 6 heteroatoms. The normalized spacial score (nSPS) is 15.2. The molecule has 0 aliphatic carbocycles. The highest BCUT2D eigenvalue weighted by Gasteiger charge is 2.18.